The maximum atomic E-state index is 6.14. The van der Waals surface area contributed by atoms with Gasteiger partial charge in [0.1, 0.15) is 0 Å². The molecule has 0 saturated carbocycles. The zero-order chi connectivity index (χ0) is 14.1. The SMILES string of the molecule is CCCCCCCCNCc1c(Cl)ccc(Cl)c1Cl. The predicted octanol–water partition coefficient (Wildman–Crippen LogP) is 6.10. The van der Waals surface area contributed by atoms with E-state index in [2.05, 4.69) is 12.2 Å². The van der Waals surface area contributed by atoms with Gasteiger partial charge in [0.2, 0.25) is 0 Å². The van der Waals surface area contributed by atoms with Crippen LogP contribution in [0.15, 0.2) is 12.1 Å². The lowest BCUT2D eigenvalue weighted by molar-refractivity contribution is 0.572. The van der Waals surface area contributed by atoms with E-state index in [1.54, 1.807) is 12.1 Å². The molecule has 0 bridgehead atoms. The second kappa shape index (κ2) is 9.88. The van der Waals surface area contributed by atoms with Crippen LogP contribution >= 0.6 is 34.8 Å². The Kier molecular flexibility index (Phi) is 8.89. The summed E-state index contributed by atoms with van der Waals surface area (Å²) in [6.45, 7) is 3.90. The lowest BCUT2D eigenvalue weighted by Crippen LogP contribution is -2.15. The maximum Gasteiger partial charge on any atom is 0.0652 e. The van der Waals surface area contributed by atoms with Gasteiger partial charge in [-0.2, -0.15) is 0 Å². The molecule has 1 N–H and O–H groups in total. The summed E-state index contributed by atoms with van der Waals surface area (Å²) in [5, 5.41) is 5.16. The van der Waals surface area contributed by atoms with E-state index in [1.165, 1.54) is 38.5 Å². The highest BCUT2D eigenvalue weighted by molar-refractivity contribution is 6.44. The molecule has 0 unspecified atom stereocenters. The van der Waals surface area contributed by atoms with Gasteiger partial charge in [0.25, 0.3) is 0 Å². The first-order valence-electron chi connectivity index (χ1n) is 7.00. The van der Waals surface area contributed by atoms with Crippen molar-refractivity contribution in [2.45, 2.75) is 52.0 Å². The molecule has 0 atom stereocenters. The monoisotopic (exact) mass is 321 g/mol. The summed E-state index contributed by atoms with van der Waals surface area (Å²) in [4.78, 5) is 0. The van der Waals surface area contributed by atoms with Crippen LogP contribution in [-0.4, -0.2) is 6.54 Å². The third kappa shape index (κ3) is 6.35. The standard InChI is InChI=1S/C15H22Cl3N/c1-2-3-4-5-6-7-10-19-11-12-13(16)8-9-14(17)15(12)18/h8-9,19H,2-7,10-11H2,1H3. The first-order valence-corrected chi connectivity index (χ1v) is 8.13. The van der Waals surface area contributed by atoms with Gasteiger partial charge in [0.05, 0.1) is 10.0 Å². The van der Waals surface area contributed by atoms with E-state index in [1.807, 2.05) is 0 Å². The fourth-order valence-electron chi connectivity index (χ4n) is 1.97. The van der Waals surface area contributed by atoms with Crippen molar-refractivity contribution in [1.82, 2.24) is 5.32 Å². The van der Waals surface area contributed by atoms with Crippen molar-refractivity contribution in [3.05, 3.63) is 32.8 Å². The third-order valence-electron chi connectivity index (χ3n) is 3.15. The summed E-state index contributed by atoms with van der Waals surface area (Å²) in [7, 11) is 0. The maximum absolute atomic E-state index is 6.14. The molecule has 0 amide bonds. The number of benzene rings is 1. The zero-order valence-electron chi connectivity index (χ0n) is 11.4. The van der Waals surface area contributed by atoms with Crippen LogP contribution in [0.1, 0.15) is 51.0 Å². The lowest BCUT2D eigenvalue weighted by Gasteiger charge is -2.10. The summed E-state index contributed by atoms with van der Waals surface area (Å²) >= 11 is 18.2. The van der Waals surface area contributed by atoms with Crippen molar-refractivity contribution >= 4 is 34.8 Å². The van der Waals surface area contributed by atoms with Crippen molar-refractivity contribution in [2.75, 3.05) is 6.54 Å². The van der Waals surface area contributed by atoms with Crippen LogP contribution in [-0.2, 0) is 6.54 Å². The Balaban J connectivity index is 2.21. The Bertz CT molecular complexity index is 380. The molecular formula is C15H22Cl3N. The van der Waals surface area contributed by atoms with Gasteiger partial charge in [0.15, 0.2) is 0 Å². The van der Waals surface area contributed by atoms with E-state index in [0.717, 1.165) is 12.1 Å². The number of nitrogens with one attached hydrogen (secondary N) is 1. The van der Waals surface area contributed by atoms with Crippen LogP contribution in [0.5, 0.6) is 0 Å². The normalized spacial score (nSPS) is 10.9. The Hall–Kier alpha value is 0.0500. The van der Waals surface area contributed by atoms with Gasteiger partial charge in [-0.05, 0) is 25.1 Å². The molecule has 19 heavy (non-hydrogen) atoms. The molecule has 0 saturated heterocycles. The molecule has 4 heteroatoms. The highest BCUT2D eigenvalue weighted by Crippen LogP contribution is 2.31. The molecule has 0 aliphatic carbocycles. The Morgan fingerprint density at radius 2 is 1.53 bits per heavy atom. The molecule has 0 aliphatic heterocycles. The van der Waals surface area contributed by atoms with Crippen LogP contribution < -0.4 is 5.32 Å². The van der Waals surface area contributed by atoms with Gasteiger partial charge in [-0.25, -0.2) is 0 Å². The summed E-state index contributed by atoms with van der Waals surface area (Å²) in [6, 6.07) is 3.51. The van der Waals surface area contributed by atoms with Gasteiger partial charge in [0, 0.05) is 17.1 Å². The first kappa shape index (κ1) is 17.1. The summed E-state index contributed by atoms with van der Waals surface area (Å²) in [5.74, 6) is 0. The van der Waals surface area contributed by atoms with E-state index in [9.17, 15) is 0 Å². The van der Waals surface area contributed by atoms with Gasteiger partial charge in [-0.3, -0.25) is 0 Å². The lowest BCUT2D eigenvalue weighted by atomic mass is 10.1. The quantitative estimate of drug-likeness (QED) is 0.428. The molecule has 0 aromatic heterocycles. The molecule has 1 rings (SSSR count). The van der Waals surface area contributed by atoms with Crippen LogP contribution in [0.25, 0.3) is 0 Å². The average molecular weight is 323 g/mol. The second-order valence-electron chi connectivity index (χ2n) is 4.77. The molecule has 108 valence electrons. The van der Waals surface area contributed by atoms with E-state index in [0.29, 0.717) is 21.6 Å². The van der Waals surface area contributed by atoms with E-state index in [4.69, 9.17) is 34.8 Å². The summed E-state index contributed by atoms with van der Waals surface area (Å²) in [6.07, 6.45) is 7.80. The average Bonchev–Trinajstić information content (AvgIpc) is 2.40. The molecular weight excluding hydrogens is 301 g/mol. The fraction of sp³-hybridized carbons (Fsp3) is 0.600. The Morgan fingerprint density at radius 1 is 0.895 bits per heavy atom. The highest BCUT2D eigenvalue weighted by atomic mass is 35.5. The van der Waals surface area contributed by atoms with Gasteiger partial charge >= 0.3 is 0 Å². The largest absolute Gasteiger partial charge is 0.313 e. The number of rotatable bonds is 9. The number of halogens is 3. The summed E-state index contributed by atoms with van der Waals surface area (Å²) in [5.41, 5.74) is 0.891. The van der Waals surface area contributed by atoms with Crippen molar-refractivity contribution in [3.63, 3.8) is 0 Å². The zero-order valence-corrected chi connectivity index (χ0v) is 13.7. The highest BCUT2D eigenvalue weighted by Gasteiger charge is 2.08. The van der Waals surface area contributed by atoms with E-state index in [-0.39, 0.29) is 0 Å². The minimum atomic E-state index is 0.558. The predicted molar refractivity (Wildman–Crippen MR) is 86.6 cm³/mol. The smallest absolute Gasteiger partial charge is 0.0652 e. The van der Waals surface area contributed by atoms with Crippen molar-refractivity contribution in [3.8, 4) is 0 Å². The molecule has 0 spiro atoms. The molecule has 0 heterocycles. The third-order valence-corrected chi connectivity index (χ3v) is 4.35. The number of unbranched alkanes of at least 4 members (excludes halogenated alkanes) is 5. The molecule has 0 fully saturated rings. The van der Waals surface area contributed by atoms with Crippen LogP contribution in [0, 0.1) is 0 Å². The van der Waals surface area contributed by atoms with Crippen molar-refractivity contribution in [2.24, 2.45) is 0 Å². The van der Waals surface area contributed by atoms with Crippen molar-refractivity contribution < 1.29 is 0 Å². The number of hydrogen-bond donors (Lipinski definition) is 1. The van der Waals surface area contributed by atoms with Crippen LogP contribution in [0.2, 0.25) is 15.1 Å². The van der Waals surface area contributed by atoms with Crippen LogP contribution in [0.3, 0.4) is 0 Å². The van der Waals surface area contributed by atoms with Gasteiger partial charge in [-0.15, -0.1) is 0 Å². The van der Waals surface area contributed by atoms with Crippen LogP contribution in [0.4, 0.5) is 0 Å². The minimum absolute atomic E-state index is 0.558. The molecule has 1 aromatic rings. The minimum Gasteiger partial charge on any atom is -0.313 e. The topological polar surface area (TPSA) is 12.0 Å². The first-order chi connectivity index (χ1) is 9.16. The van der Waals surface area contributed by atoms with E-state index >= 15 is 0 Å². The molecule has 0 aliphatic rings. The Labute approximate surface area is 131 Å². The second-order valence-corrected chi connectivity index (χ2v) is 5.96. The Morgan fingerprint density at radius 3 is 2.26 bits per heavy atom. The van der Waals surface area contributed by atoms with Gasteiger partial charge in [-0.1, -0.05) is 73.8 Å². The summed E-state index contributed by atoms with van der Waals surface area (Å²) < 4.78 is 0. The van der Waals surface area contributed by atoms with Crippen molar-refractivity contribution in [1.29, 1.82) is 0 Å². The number of hydrogen-bond acceptors (Lipinski definition) is 1. The van der Waals surface area contributed by atoms with E-state index < -0.39 is 0 Å². The molecule has 0 radical (unpaired) electrons. The fourth-order valence-corrected chi connectivity index (χ4v) is 2.66. The molecule has 1 nitrogen and oxygen atoms in total. The van der Waals surface area contributed by atoms with Gasteiger partial charge < -0.3 is 5.32 Å². The molecule has 1 aromatic carbocycles.